The van der Waals surface area contributed by atoms with E-state index in [1.165, 1.54) is 30.6 Å². The van der Waals surface area contributed by atoms with Gasteiger partial charge < -0.3 is 9.32 Å². The molecule has 1 aliphatic heterocycles. The highest BCUT2D eigenvalue weighted by atomic mass is 32.1. The van der Waals surface area contributed by atoms with Crippen molar-refractivity contribution in [1.29, 1.82) is 0 Å². The molecule has 4 heterocycles. The van der Waals surface area contributed by atoms with E-state index in [1.807, 2.05) is 23.2 Å². The molecule has 5 rings (SSSR count). The van der Waals surface area contributed by atoms with Crippen LogP contribution in [0, 0.1) is 5.41 Å². The second-order valence-electron chi connectivity index (χ2n) is 6.88. The molecule has 3 aromatic heterocycles. The molecule has 1 saturated heterocycles. The van der Waals surface area contributed by atoms with Gasteiger partial charge >= 0.3 is 0 Å². The average Bonchev–Trinajstić information content (AvgIpc) is 3.25. The summed E-state index contributed by atoms with van der Waals surface area (Å²) in [6.07, 6.45) is 12.3. The molecule has 126 valence electrons. The fourth-order valence-corrected chi connectivity index (χ4v) is 4.95. The third kappa shape index (κ3) is 2.24. The van der Waals surface area contributed by atoms with Crippen LogP contribution in [-0.4, -0.2) is 27.3 Å². The first kappa shape index (κ1) is 14.8. The molecule has 6 heteroatoms. The number of hydrogen-bond donors (Lipinski definition) is 0. The maximum Gasteiger partial charge on any atom is 0.266 e. The standard InChI is InChI=1S/C19H17N3O2S/c23-18(15-10-21-17(25-15)14-4-8-24-11-14)22-12-19(5-2-6-19)16(22)13-3-1-7-20-9-13/h1,3-4,7-11,16H,2,5-6,12H2. The largest absolute Gasteiger partial charge is 0.472 e. The monoisotopic (exact) mass is 351 g/mol. The topological polar surface area (TPSA) is 59.2 Å². The highest BCUT2D eigenvalue weighted by Crippen LogP contribution is 2.60. The first-order chi connectivity index (χ1) is 12.3. The van der Waals surface area contributed by atoms with Crippen LogP contribution in [0.15, 0.2) is 53.7 Å². The number of pyridine rings is 1. The van der Waals surface area contributed by atoms with E-state index in [-0.39, 0.29) is 17.4 Å². The van der Waals surface area contributed by atoms with Crippen LogP contribution in [0.3, 0.4) is 0 Å². The minimum Gasteiger partial charge on any atom is -0.472 e. The Morgan fingerprint density at radius 1 is 1.32 bits per heavy atom. The van der Waals surface area contributed by atoms with Crippen LogP contribution in [0.1, 0.15) is 40.5 Å². The maximum atomic E-state index is 13.1. The summed E-state index contributed by atoms with van der Waals surface area (Å²) in [6.45, 7) is 0.838. The van der Waals surface area contributed by atoms with Gasteiger partial charge in [0, 0.05) is 29.9 Å². The van der Waals surface area contributed by atoms with Gasteiger partial charge in [-0.05, 0) is 30.5 Å². The Kier molecular flexibility index (Phi) is 3.28. The van der Waals surface area contributed by atoms with Crippen molar-refractivity contribution in [1.82, 2.24) is 14.9 Å². The van der Waals surface area contributed by atoms with Crippen molar-refractivity contribution in [2.75, 3.05) is 6.54 Å². The molecule has 1 aliphatic carbocycles. The lowest BCUT2D eigenvalue weighted by molar-refractivity contribution is -0.105. The van der Waals surface area contributed by atoms with Crippen molar-refractivity contribution in [2.45, 2.75) is 25.3 Å². The second-order valence-corrected chi connectivity index (χ2v) is 7.91. The van der Waals surface area contributed by atoms with Gasteiger partial charge in [-0.15, -0.1) is 11.3 Å². The quantitative estimate of drug-likeness (QED) is 0.711. The third-order valence-electron chi connectivity index (χ3n) is 5.47. The van der Waals surface area contributed by atoms with Gasteiger partial charge in [-0.1, -0.05) is 12.5 Å². The normalized spacial score (nSPS) is 21.0. The number of furan rings is 1. The number of carbonyl (C=O) groups excluding carboxylic acids is 1. The maximum absolute atomic E-state index is 13.1. The van der Waals surface area contributed by atoms with E-state index in [4.69, 9.17) is 4.42 Å². The third-order valence-corrected chi connectivity index (χ3v) is 6.51. The van der Waals surface area contributed by atoms with Gasteiger partial charge in [0.25, 0.3) is 5.91 Å². The average molecular weight is 351 g/mol. The predicted octanol–water partition coefficient (Wildman–Crippen LogP) is 4.17. The van der Waals surface area contributed by atoms with Gasteiger partial charge in [0.15, 0.2) is 0 Å². The Hall–Kier alpha value is -2.47. The summed E-state index contributed by atoms with van der Waals surface area (Å²) in [6, 6.07) is 6.04. The zero-order valence-corrected chi connectivity index (χ0v) is 14.4. The molecule has 1 atom stereocenters. The van der Waals surface area contributed by atoms with Crippen molar-refractivity contribution in [3.63, 3.8) is 0 Å². The summed E-state index contributed by atoms with van der Waals surface area (Å²) in [5, 5.41) is 0.814. The minimum absolute atomic E-state index is 0.0682. The number of thiazole rings is 1. The van der Waals surface area contributed by atoms with E-state index in [0.717, 1.165) is 22.7 Å². The smallest absolute Gasteiger partial charge is 0.266 e. The van der Waals surface area contributed by atoms with Gasteiger partial charge in [0.2, 0.25) is 0 Å². The number of aromatic nitrogens is 2. The summed E-state index contributed by atoms with van der Waals surface area (Å²) < 4.78 is 5.11. The molecule has 25 heavy (non-hydrogen) atoms. The van der Waals surface area contributed by atoms with Crippen molar-refractivity contribution < 1.29 is 9.21 Å². The van der Waals surface area contributed by atoms with Crippen LogP contribution in [0.2, 0.25) is 0 Å². The molecular formula is C19H17N3O2S. The predicted molar refractivity (Wildman–Crippen MR) is 94.1 cm³/mol. The van der Waals surface area contributed by atoms with Gasteiger partial charge in [0.05, 0.1) is 18.5 Å². The van der Waals surface area contributed by atoms with Gasteiger partial charge in [-0.2, -0.15) is 0 Å². The van der Waals surface area contributed by atoms with Crippen LogP contribution in [0.4, 0.5) is 0 Å². The zero-order valence-electron chi connectivity index (χ0n) is 13.6. The minimum atomic E-state index is 0.0682. The molecule has 0 radical (unpaired) electrons. The van der Waals surface area contributed by atoms with Crippen LogP contribution in [0.25, 0.3) is 10.6 Å². The van der Waals surface area contributed by atoms with Crippen molar-refractivity contribution in [3.05, 3.63) is 59.8 Å². The second kappa shape index (κ2) is 5.52. The van der Waals surface area contributed by atoms with Gasteiger partial charge in [0.1, 0.15) is 16.1 Å². The van der Waals surface area contributed by atoms with Gasteiger partial charge in [-0.25, -0.2) is 4.98 Å². The molecular weight excluding hydrogens is 334 g/mol. The molecule has 3 aromatic rings. The van der Waals surface area contributed by atoms with Crippen molar-refractivity contribution in [2.24, 2.45) is 5.41 Å². The zero-order chi connectivity index (χ0) is 16.9. The molecule has 1 amide bonds. The van der Waals surface area contributed by atoms with E-state index >= 15 is 0 Å². The van der Waals surface area contributed by atoms with Crippen molar-refractivity contribution in [3.8, 4) is 10.6 Å². The number of amides is 1. The SMILES string of the molecule is O=C(c1cnc(-c2ccoc2)s1)N1CC2(CCC2)C1c1cccnc1. The molecule has 0 N–H and O–H groups in total. The number of rotatable bonds is 3. The first-order valence-electron chi connectivity index (χ1n) is 8.46. The molecule has 1 saturated carbocycles. The lowest BCUT2D eigenvalue weighted by Gasteiger charge is -2.62. The summed E-state index contributed by atoms with van der Waals surface area (Å²) in [7, 11) is 0. The Morgan fingerprint density at radius 3 is 2.92 bits per heavy atom. The molecule has 2 aliphatic rings. The summed E-state index contributed by atoms with van der Waals surface area (Å²) >= 11 is 1.42. The number of likely N-dealkylation sites (tertiary alicyclic amines) is 1. The molecule has 5 nitrogen and oxygen atoms in total. The Bertz CT molecular complexity index is 900. The highest BCUT2D eigenvalue weighted by Gasteiger charge is 2.58. The lowest BCUT2D eigenvalue weighted by atomic mass is 9.56. The molecule has 1 spiro atoms. The van der Waals surface area contributed by atoms with E-state index in [9.17, 15) is 4.79 Å². The van der Waals surface area contributed by atoms with E-state index in [1.54, 1.807) is 24.9 Å². The summed E-state index contributed by atoms with van der Waals surface area (Å²) in [5.74, 6) is 0.0682. The Balaban J connectivity index is 1.43. The summed E-state index contributed by atoms with van der Waals surface area (Å²) in [5.41, 5.74) is 2.31. The van der Waals surface area contributed by atoms with E-state index < -0.39 is 0 Å². The highest BCUT2D eigenvalue weighted by molar-refractivity contribution is 7.16. The fourth-order valence-electron chi connectivity index (χ4n) is 4.09. The number of carbonyl (C=O) groups is 1. The van der Waals surface area contributed by atoms with Crippen LogP contribution >= 0.6 is 11.3 Å². The number of hydrogen-bond acceptors (Lipinski definition) is 5. The van der Waals surface area contributed by atoms with Gasteiger partial charge in [-0.3, -0.25) is 9.78 Å². The van der Waals surface area contributed by atoms with Crippen LogP contribution < -0.4 is 0 Å². The molecule has 0 bridgehead atoms. The van der Waals surface area contributed by atoms with E-state index in [0.29, 0.717) is 4.88 Å². The molecule has 0 aromatic carbocycles. The Morgan fingerprint density at radius 2 is 2.24 bits per heavy atom. The van der Waals surface area contributed by atoms with Crippen LogP contribution in [0.5, 0.6) is 0 Å². The number of nitrogens with zero attached hydrogens (tertiary/aromatic N) is 3. The van der Waals surface area contributed by atoms with E-state index in [2.05, 4.69) is 16.0 Å². The summed E-state index contributed by atoms with van der Waals surface area (Å²) in [4.78, 5) is 24.4. The van der Waals surface area contributed by atoms with Crippen molar-refractivity contribution >= 4 is 17.2 Å². The first-order valence-corrected chi connectivity index (χ1v) is 9.28. The fraction of sp³-hybridized carbons (Fsp3) is 0.316. The lowest BCUT2D eigenvalue weighted by Crippen LogP contribution is -2.63. The Labute approximate surface area is 149 Å². The molecule has 1 unspecified atom stereocenters. The molecule has 2 fully saturated rings. The van der Waals surface area contributed by atoms with Crippen LogP contribution in [-0.2, 0) is 0 Å².